The van der Waals surface area contributed by atoms with Crippen LogP contribution in [0.1, 0.15) is 25.7 Å². The smallest absolute Gasteiger partial charge is 0.451 e. The van der Waals surface area contributed by atoms with Crippen molar-refractivity contribution in [1.29, 1.82) is 0 Å². The van der Waals surface area contributed by atoms with E-state index in [4.69, 9.17) is 10.0 Å². The Morgan fingerprint density at radius 2 is 2.00 bits per heavy atom. The van der Waals surface area contributed by atoms with Gasteiger partial charge >= 0.3 is 7.12 Å². The van der Waals surface area contributed by atoms with E-state index in [0.29, 0.717) is 25.7 Å². The average molecular weight is 269 g/mol. The highest BCUT2D eigenvalue weighted by molar-refractivity contribution is 6.40. The van der Waals surface area contributed by atoms with Gasteiger partial charge in [-0.3, -0.25) is 4.79 Å². The summed E-state index contributed by atoms with van der Waals surface area (Å²) in [7, 11) is -1.30. The van der Waals surface area contributed by atoms with Crippen molar-refractivity contribution in [3.8, 4) is 0 Å². The number of likely N-dealkylation sites (tertiary alicyclic amines) is 1. The third-order valence-corrected chi connectivity index (χ3v) is 4.25. The zero-order chi connectivity index (χ0) is 13.8. The molecule has 0 aromatic rings. The van der Waals surface area contributed by atoms with Crippen molar-refractivity contribution in [3.63, 3.8) is 0 Å². The molecule has 2 saturated heterocycles. The molecule has 6 nitrogen and oxygen atoms in total. The molecule has 0 spiro atoms. The summed E-state index contributed by atoms with van der Waals surface area (Å²) < 4.78 is 0. The molecule has 108 valence electrons. The maximum atomic E-state index is 11.3. The molecule has 7 heteroatoms. The van der Waals surface area contributed by atoms with Crippen LogP contribution in [0.25, 0.3) is 5.32 Å². The van der Waals surface area contributed by atoms with Gasteiger partial charge in [0, 0.05) is 0 Å². The number of carboxylic acids is 1. The Hall–Kier alpha value is -0.625. The number of nitrogens with zero attached hydrogens (tertiary/aromatic N) is 2. The molecule has 0 aromatic heterocycles. The van der Waals surface area contributed by atoms with Crippen molar-refractivity contribution in [2.75, 3.05) is 19.6 Å². The predicted molar refractivity (Wildman–Crippen MR) is 72.0 cm³/mol. The van der Waals surface area contributed by atoms with Crippen molar-refractivity contribution in [2.45, 2.75) is 44.1 Å². The first-order chi connectivity index (χ1) is 9.09. The van der Waals surface area contributed by atoms with E-state index in [9.17, 15) is 9.90 Å². The molecule has 3 atom stereocenters. The molecule has 19 heavy (non-hydrogen) atoms. The van der Waals surface area contributed by atoms with E-state index < -0.39 is 19.1 Å². The van der Waals surface area contributed by atoms with Crippen LogP contribution in [0.4, 0.5) is 0 Å². The first kappa shape index (κ1) is 14.8. The zero-order valence-electron chi connectivity index (χ0n) is 11.1. The molecule has 3 N–H and O–H groups in total. The largest absolute Gasteiger partial charge is 0.649 e. The molecule has 0 amide bonds. The van der Waals surface area contributed by atoms with Crippen molar-refractivity contribution >= 4 is 13.1 Å². The van der Waals surface area contributed by atoms with Crippen molar-refractivity contribution in [3.05, 3.63) is 5.32 Å². The standard InChI is InChI=1S/C12H22BN2O4/c16-12(17)11-9(4-3-5-13(18)19)10(8-14-11)15-6-1-2-7-15/h9-11,18-19H,1-8H2,(H,16,17)/q-1/t9-,10+,11+/m1/s1. The highest BCUT2D eigenvalue weighted by Gasteiger charge is 2.36. The van der Waals surface area contributed by atoms with Gasteiger partial charge in [0.05, 0.1) is 0 Å². The van der Waals surface area contributed by atoms with Gasteiger partial charge in [0.2, 0.25) is 0 Å². The maximum Gasteiger partial charge on any atom is 0.451 e. The van der Waals surface area contributed by atoms with Crippen LogP contribution in [0.3, 0.4) is 0 Å². The van der Waals surface area contributed by atoms with Gasteiger partial charge in [-0.1, -0.05) is 12.8 Å². The molecule has 0 bridgehead atoms. The van der Waals surface area contributed by atoms with E-state index in [2.05, 4.69) is 10.2 Å². The van der Waals surface area contributed by atoms with Gasteiger partial charge in [-0.05, 0) is 50.3 Å². The molecule has 0 aromatic carbocycles. The van der Waals surface area contributed by atoms with Crippen LogP contribution < -0.4 is 0 Å². The van der Waals surface area contributed by atoms with Crippen LogP contribution in [0.5, 0.6) is 0 Å². The third kappa shape index (κ3) is 3.69. The van der Waals surface area contributed by atoms with E-state index in [1.807, 2.05) is 0 Å². The Bertz CT molecular complexity index is 310. The second-order valence-electron chi connectivity index (χ2n) is 5.53. The molecular formula is C12H22BN2O4-. The maximum absolute atomic E-state index is 11.3. The predicted octanol–water partition coefficient (Wildman–Crippen LogP) is 0.160. The second-order valence-corrected chi connectivity index (χ2v) is 5.53. The van der Waals surface area contributed by atoms with Crippen molar-refractivity contribution in [2.24, 2.45) is 5.92 Å². The highest BCUT2D eigenvalue weighted by Crippen LogP contribution is 2.35. The van der Waals surface area contributed by atoms with Crippen LogP contribution in [0, 0.1) is 5.92 Å². The van der Waals surface area contributed by atoms with Crippen LogP contribution in [0.15, 0.2) is 0 Å². The van der Waals surface area contributed by atoms with Crippen LogP contribution in [-0.4, -0.2) is 64.9 Å². The second kappa shape index (κ2) is 6.70. The van der Waals surface area contributed by atoms with E-state index in [-0.39, 0.29) is 12.0 Å². The monoisotopic (exact) mass is 269 g/mol. The Morgan fingerprint density at radius 3 is 2.58 bits per heavy atom. The Labute approximate surface area is 113 Å². The number of hydrogen-bond donors (Lipinski definition) is 3. The third-order valence-electron chi connectivity index (χ3n) is 4.25. The zero-order valence-corrected chi connectivity index (χ0v) is 11.1. The number of rotatable bonds is 6. The minimum Gasteiger partial charge on any atom is -0.649 e. The summed E-state index contributed by atoms with van der Waals surface area (Å²) in [5.74, 6) is -0.842. The number of carboxylic acid groups (broad SMARTS) is 1. The number of hydrogen-bond acceptors (Lipinski definition) is 4. The van der Waals surface area contributed by atoms with E-state index in [0.717, 1.165) is 13.1 Å². The first-order valence-electron chi connectivity index (χ1n) is 7.09. The summed E-state index contributed by atoms with van der Waals surface area (Å²) in [6.45, 7) is 2.67. The molecule has 2 aliphatic rings. The fourth-order valence-corrected chi connectivity index (χ4v) is 3.31. The summed E-state index contributed by atoms with van der Waals surface area (Å²) in [5.41, 5.74) is 0. The lowest BCUT2D eigenvalue weighted by Gasteiger charge is -2.32. The summed E-state index contributed by atoms with van der Waals surface area (Å²) in [4.78, 5) is 13.6. The van der Waals surface area contributed by atoms with E-state index >= 15 is 0 Å². The molecule has 0 unspecified atom stereocenters. The molecule has 2 fully saturated rings. The molecule has 0 aliphatic carbocycles. The normalized spacial score (nSPS) is 31.8. The lowest BCUT2D eigenvalue weighted by Crippen LogP contribution is -2.41. The lowest BCUT2D eigenvalue weighted by atomic mass is 9.80. The fraction of sp³-hybridized carbons (Fsp3) is 0.917. The van der Waals surface area contributed by atoms with Gasteiger partial charge in [0.15, 0.2) is 0 Å². The highest BCUT2D eigenvalue weighted by atomic mass is 16.4. The molecular weight excluding hydrogens is 247 g/mol. The summed E-state index contributed by atoms with van der Waals surface area (Å²) in [6.07, 6.45) is 3.98. The molecule has 0 saturated carbocycles. The summed E-state index contributed by atoms with van der Waals surface area (Å²) >= 11 is 0. The van der Waals surface area contributed by atoms with Gasteiger partial charge < -0.3 is 25.4 Å². The van der Waals surface area contributed by atoms with Gasteiger partial charge in [-0.15, -0.1) is 6.54 Å². The fourth-order valence-electron chi connectivity index (χ4n) is 3.31. The van der Waals surface area contributed by atoms with E-state index in [1.54, 1.807) is 0 Å². The Kier molecular flexibility index (Phi) is 5.21. The minimum absolute atomic E-state index is 0.00866. The molecule has 2 heterocycles. The summed E-state index contributed by atoms with van der Waals surface area (Å²) in [6, 6.07) is -0.402. The molecule has 2 rings (SSSR count). The topological polar surface area (TPSA) is 95.1 Å². The van der Waals surface area contributed by atoms with Gasteiger partial charge in [0.25, 0.3) is 5.97 Å². The quantitative estimate of drug-likeness (QED) is 0.597. The summed E-state index contributed by atoms with van der Waals surface area (Å²) in [5, 5.41) is 31.3. The van der Waals surface area contributed by atoms with Crippen LogP contribution in [0.2, 0.25) is 6.32 Å². The number of carbonyl (C=O) groups is 1. The first-order valence-corrected chi connectivity index (χ1v) is 7.09. The Morgan fingerprint density at radius 1 is 1.32 bits per heavy atom. The van der Waals surface area contributed by atoms with Gasteiger partial charge in [-0.2, -0.15) is 0 Å². The van der Waals surface area contributed by atoms with E-state index in [1.165, 1.54) is 12.8 Å². The van der Waals surface area contributed by atoms with Crippen molar-refractivity contribution < 1.29 is 19.9 Å². The van der Waals surface area contributed by atoms with Gasteiger partial charge in [0.1, 0.15) is 0 Å². The molecule has 2 aliphatic heterocycles. The minimum atomic E-state index is -1.30. The lowest BCUT2D eigenvalue weighted by molar-refractivity contribution is -0.138. The average Bonchev–Trinajstić information content (AvgIpc) is 2.95. The molecule has 0 radical (unpaired) electrons. The van der Waals surface area contributed by atoms with Crippen molar-refractivity contribution in [1.82, 2.24) is 4.90 Å². The number of aliphatic carboxylic acids is 1. The van der Waals surface area contributed by atoms with Gasteiger partial charge in [-0.25, -0.2) is 0 Å². The SMILES string of the molecule is O=C(O)[C@H]1[N-]C[C@H](N2CCCC2)[C@H]1CCCB(O)O. The Balaban J connectivity index is 1.95. The van der Waals surface area contributed by atoms with Crippen LogP contribution >= 0.6 is 0 Å². The van der Waals surface area contributed by atoms with Crippen LogP contribution in [-0.2, 0) is 4.79 Å².